The molecule has 0 amide bonds. The Morgan fingerprint density at radius 3 is 1.14 bits per heavy atom. The van der Waals surface area contributed by atoms with E-state index in [1.807, 2.05) is 102 Å². The van der Waals surface area contributed by atoms with Gasteiger partial charge in [-0.05, 0) is 127 Å². The van der Waals surface area contributed by atoms with Crippen molar-refractivity contribution in [2.75, 3.05) is 0 Å². The van der Waals surface area contributed by atoms with Gasteiger partial charge in [0.15, 0.2) is 0 Å². The standard InChI is InChI=1S/C28H24N2.C7H9N.C7H12.C7H8.C6H11N.3C2H6/c1-18-10-12-19(13-11-18)26-24-8-4-2-6-22(24)23-7-3-5-9-25(23)27(26)20-14-16-21(17-15-20)28(29)30;8-6-7-4-2-1-3-5-7;2*1-7-5-3-2-4-6-7;7-6-4-2-1-3-5-6;3*1-2/h2-17,28H,29-30H2,1H3;1-5H,6,8H2;5H,2-4,6H2,1H3;2-6H,1H3;4H,1-3,5,7H2;3*1-2H3. The van der Waals surface area contributed by atoms with Crippen molar-refractivity contribution < 1.29 is 0 Å². The summed E-state index contributed by atoms with van der Waals surface area (Å²) in [6.07, 6.45) is 14.5. The first-order valence-corrected chi connectivity index (χ1v) is 24.2. The van der Waals surface area contributed by atoms with Gasteiger partial charge < -0.3 is 22.9 Å². The maximum absolute atomic E-state index is 5.88. The number of allylic oxidation sites excluding steroid dienone is 4. The monoisotopic (exact) mass is 871 g/mol. The van der Waals surface area contributed by atoms with E-state index in [0.29, 0.717) is 6.54 Å². The first-order chi connectivity index (χ1) is 31.7. The lowest BCUT2D eigenvalue weighted by Crippen LogP contribution is -2.19. The van der Waals surface area contributed by atoms with Crippen LogP contribution < -0.4 is 22.9 Å². The Morgan fingerprint density at radius 2 is 0.831 bits per heavy atom. The van der Waals surface area contributed by atoms with E-state index in [0.717, 1.165) is 23.2 Å². The van der Waals surface area contributed by atoms with Crippen molar-refractivity contribution in [3.8, 4) is 22.3 Å². The van der Waals surface area contributed by atoms with Crippen molar-refractivity contribution in [1.82, 2.24) is 0 Å². The fourth-order valence-electron chi connectivity index (χ4n) is 7.34. The lowest BCUT2D eigenvalue weighted by molar-refractivity contribution is 0.696. The third-order valence-electron chi connectivity index (χ3n) is 10.7. The van der Waals surface area contributed by atoms with Crippen molar-refractivity contribution in [1.29, 1.82) is 0 Å². The maximum atomic E-state index is 5.88. The van der Waals surface area contributed by atoms with Gasteiger partial charge in [0.2, 0.25) is 0 Å². The fourth-order valence-corrected chi connectivity index (χ4v) is 7.34. The summed E-state index contributed by atoms with van der Waals surface area (Å²) in [4.78, 5) is 0. The third kappa shape index (κ3) is 19.1. The molecule has 4 nitrogen and oxygen atoms in total. The molecule has 2 aliphatic rings. The van der Waals surface area contributed by atoms with Gasteiger partial charge in [0.25, 0.3) is 0 Å². The molecule has 0 atom stereocenters. The minimum Gasteiger partial charge on any atom is -0.402 e. The summed E-state index contributed by atoms with van der Waals surface area (Å²) in [5.41, 5.74) is 34.9. The summed E-state index contributed by atoms with van der Waals surface area (Å²) in [5, 5.41) is 5.04. The largest absolute Gasteiger partial charge is 0.402 e. The minimum atomic E-state index is -0.469. The first kappa shape index (κ1) is 55.4. The molecule has 0 radical (unpaired) electrons. The number of rotatable bonds is 4. The summed E-state index contributed by atoms with van der Waals surface area (Å²) >= 11 is 0. The Bertz CT molecular complexity index is 2330. The van der Waals surface area contributed by atoms with E-state index in [1.165, 1.54) is 99.9 Å². The summed E-state index contributed by atoms with van der Waals surface area (Å²) in [6, 6.07) is 54.7. The molecule has 0 saturated carbocycles. The zero-order chi connectivity index (χ0) is 47.8. The van der Waals surface area contributed by atoms with Crippen molar-refractivity contribution in [2.24, 2.45) is 22.9 Å². The predicted molar refractivity (Wildman–Crippen MR) is 291 cm³/mol. The zero-order valence-electron chi connectivity index (χ0n) is 41.4. The van der Waals surface area contributed by atoms with Crippen LogP contribution in [0, 0.1) is 13.8 Å². The van der Waals surface area contributed by atoms with Crippen LogP contribution in [0.4, 0.5) is 0 Å². The molecule has 4 heteroatoms. The molecule has 8 N–H and O–H groups in total. The highest BCUT2D eigenvalue weighted by Crippen LogP contribution is 2.44. The van der Waals surface area contributed by atoms with Gasteiger partial charge in [-0.3, -0.25) is 0 Å². The maximum Gasteiger partial charge on any atom is 0.0784 e. The number of hydrogen-bond acceptors (Lipinski definition) is 4. The molecule has 0 bridgehead atoms. The smallest absolute Gasteiger partial charge is 0.0784 e. The number of fused-ring (bicyclic) bond motifs is 3. The number of nitrogens with two attached hydrogens (primary N) is 4. The lowest BCUT2D eigenvalue weighted by atomic mass is 9.84. The zero-order valence-corrected chi connectivity index (χ0v) is 41.4. The minimum absolute atomic E-state index is 0.469. The molecule has 0 fully saturated rings. The van der Waals surface area contributed by atoms with Crippen molar-refractivity contribution in [3.63, 3.8) is 0 Å². The quantitative estimate of drug-likeness (QED) is 0.0803. The van der Waals surface area contributed by atoms with E-state index in [-0.39, 0.29) is 0 Å². The van der Waals surface area contributed by atoms with Gasteiger partial charge in [0.05, 0.1) is 6.17 Å². The van der Waals surface area contributed by atoms with Gasteiger partial charge in [0.1, 0.15) is 0 Å². The van der Waals surface area contributed by atoms with Crippen LogP contribution in [0.25, 0.3) is 43.8 Å². The average Bonchev–Trinajstić information content (AvgIpc) is 3.37. The molecule has 7 aromatic rings. The van der Waals surface area contributed by atoms with Crippen molar-refractivity contribution in [3.05, 3.63) is 203 Å². The van der Waals surface area contributed by atoms with Crippen molar-refractivity contribution >= 4 is 21.5 Å². The fraction of sp³-hybridized carbons (Fsp3) is 0.311. The van der Waals surface area contributed by atoms with Crippen LogP contribution in [0.2, 0.25) is 0 Å². The van der Waals surface area contributed by atoms with Gasteiger partial charge in [-0.2, -0.15) is 0 Å². The SMILES string of the molecule is CC.CC.CC.CC1=CCCCC1.Cc1ccc(-c2c(-c3ccc(C(N)N)cc3)c3ccccc3c3ccccc23)cc1.Cc1ccccc1.NC1=CCCCC1.NCc1ccccc1. The molecule has 0 saturated heterocycles. The number of benzene rings is 7. The van der Waals surface area contributed by atoms with Gasteiger partial charge in [-0.25, -0.2) is 0 Å². The van der Waals surface area contributed by atoms with Crippen LogP contribution in [-0.2, 0) is 6.54 Å². The normalized spacial score (nSPS) is 12.3. The van der Waals surface area contributed by atoms with Gasteiger partial charge in [-0.15, -0.1) is 0 Å². The van der Waals surface area contributed by atoms with Crippen LogP contribution in [-0.4, -0.2) is 0 Å². The van der Waals surface area contributed by atoms with E-state index in [9.17, 15) is 0 Å². The highest BCUT2D eigenvalue weighted by Gasteiger charge is 2.17. The van der Waals surface area contributed by atoms with Gasteiger partial charge >= 0.3 is 0 Å². The van der Waals surface area contributed by atoms with Crippen molar-refractivity contribution in [2.45, 2.75) is 126 Å². The molecule has 0 unspecified atom stereocenters. The van der Waals surface area contributed by atoms with Crippen LogP contribution in [0.3, 0.4) is 0 Å². The second kappa shape index (κ2) is 32.8. The summed E-state index contributed by atoms with van der Waals surface area (Å²) in [7, 11) is 0. The Hall–Kier alpha value is -5.78. The Morgan fingerprint density at radius 1 is 0.431 bits per heavy atom. The number of aryl methyl sites for hydroxylation is 2. The lowest BCUT2D eigenvalue weighted by Gasteiger charge is -2.19. The summed E-state index contributed by atoms with van der Waals surface area (Å²) in [5.74, 6) is 0. The Kier molecular flexibility index (Phi) is 27.9. The molecule has 346 valence electrons. The molecule has 2 aliphatic carbocycles. The van der Waals surface area contributed by atoms with E-state index in [2.05, 4.69) is 130 Å². The highest BCUT2D eigenvalue weighted by atomic mass is 14.8. The van der Waals surface area contributed by atoms with Crippen LogP contribution >= 0.6 is 0 Å². The Balaban J connectivity index is 0.000000335. The molecule has 0 aliphatic heterocycles. The van der Waals surface area contributed by atoms with E-state index in [4.69, 9.17) is 22.9 Å². The molecule has 0 heterocycles. The van der Waals surface area contributed by atoms with E-state index >= 15 is 0 Å². The van der Waals surface area contributed by atoms with Crippen LogP contribution in [0.1, 0.15) is 128 Å². The molecule has 65 heavy (non-hydrogen) atoms. The average molecular weight is 871 g/mol. The van der Waals surface area contributed by atoms with Gasteiger partial charge in [0, 0.05) is 12.2 Å². The summed E-state index contributed by atoms with van der Waals surface area (Å²) in [6.45, 7) is 19.1. The molecule has 0 aromatic heterocycles. The topological polar surface area (TPSA) is 104 Å². The van der Waals surface area contributed by atoms with Gasteiger partial charge in [-0.1, -0.05) is 228 Å². The summed E-state index contributed by atoms with van der Waals surface area (Å²) < 4.78 is 0. The second-order valence-corrected chi connectivity index (χ2v) is 15.5. The molecular weight excluding hydrogens is 789 g/mol. The number of hydrogen-bond donors (Lipinski definition) is 4. The van der Waals surface area contributed by atoms with E-state index in [1.54, 1.807) is 5.57 Å². The van der Waals surface area contributed by atoms with Crippen LogP contribution in [0.15, 0.2) is 181 Å². The second-order valence-electron chi connectivity index (χ2n) is 15.5. The molecule has 0 spiro atoms. The Labute approximate surface area is 394 Å². The van der Waals surface area contributed by atoms with E-state index < -0.39 is 6.17 Å². The molecule has 9 rings (SSSR count). The first-order valence-electron chi connectivity index (χ1n) is 24.2. The molecule has 7 aromatic carbocycles. The predicted octanol–water partition coefficient (Wildman–Crippen LogP) is 16.7. The highest BCUT2D eigenvalue weighted by molar-refractivity contribution is 6.21. The third-order valence-corrected chi connectivity index (χ3v) is 10.7. The molecular formula is C61H82N4. The van der Waals surface area contributed by atoms with Crippen LogP contribution in [0.5, 0.6) is 0 Å².